The van der Waals surface area contributed by atoms with Gasteiger partial charge in [-0.1, -0.05) is 6.92 Å². The summed E-state index contributed by atoms with van der Waals surface area (Å²) in [5.41, 5.74) is 1.46. The number of aromatic nitrogens is 3. The Morgan fingerprint density at radius 2 is 2.00 bits per heavy atom. The van der Waals surface area contributed by atoms with Crippen molar-refractivity contribution in [3.63, 3.8) is 0 Å². The van der Waals surface area contributed by atoms with Crippen molar-refractivity contribution in [2.75, 3.05) is 6.61 Å². The fraction of sp³-hybridized carbons (Fsp3) is 0.438. The average Bonchev–Trinajstić information content (AvgIpc) is 2.85. The van der Waals surface area contributed by atoms with Crippen molar-refractivity contribution in [1.29, 1.82) is 0 Å². The van der Waals surface area contributed by atoms with Crippen LogP contribution in [0.2, 0.25) is 0 Å². The Balaban J connectivity index is 2.11. The van der Waals surface area contributed by atoms with Gasteiger partial charge in [0.1, 0.15) is 11.6 Å². The smallest absolute Gasteiger partial charge is 0.251 e. The minimum atomic E-state index is -0.127. The molecule has 0 saturated carbocycles. The lowest BCUT2D eigenvalue weighted by molar-refractivity contribution is 0.0929. The third kappa shape index (κ3) is 3.71. The van der Waals surface area contributed by atoms with Crippen molar-refractivity contribution in [3.05, 3.63) is 41.5 Å². The Bertz CT molecular complexity index is 634. The van der Waals surface area contributed by atoms with Crippen LogP contribution in [0.4, 0.5) is 0 Å². The molecule has 1 atom stereocenters. The maximum absolute atomic E-state index is 12.2. The fourth-order valence-electron chi connectivity index (χ4n) is 2.32. The lowest BCUT2D eigenvalue weighted by Gasteiger charge is -2.15. The number of aliphatic hydroxyl groups excluding tert-OH is 1. The maximum Gasteiger partial charge on any atom is 0.251 e. The van der Waals surface area contributed by atoms with Crippen molar-refractivity contribution in [1.82, 2.24) is 20.1 Å². The second-order valence-electron chi connectivity index (χ2n) is 5.26. The molecule has 6 nitrogen and oxygen atoms in total. The molecular weight excluding hydrogens is 280 g/mol. The van der Waals surface area contributed by atoms with Crippen LogP contribution in [-0.4, -0.2) is 38.4 Å². The number of nitrogens with zero attached hydrogens (tertiary/aromatic N) is 3. The van der Waals surface area contributed by atoms with E-state index in [-0.39, 0.29) is 18.6 Å². The van der Waals surface area contributed by atoms with Crippen LogP contribution in [0.25, 0.3) is 5.69 Å². The molecule has 0 saturated heterocycles. The van der Waals surface area contributed by atoms with Gasteiger partial charge < -0.3 is 10.4 Å². The molecule has 0 spiro atoms. The first-order chi connectivity index (χ1) is 10.5. The molecule has 1 amide bonds. The zero-order chi connectivity index (χ0) is 16.1. The van der Waals surface area contributed by atoms with Crippen LogP contribution in [0, 0.1) is 13.8 Å². The summed E-state index contributed by atoms with van der Waals surface area (Å²) < 4.78 is 1.75. The van der Waals surface area contributed by atoms with E-state index in [1.807, 2.05) is 32.9 Å². The van der Waals surface area contributed by atoms with Crippen molar-refractivity contribution >= 4 is 5.91 Å². The highest BCUT2D eigenvalue weighted by Crippen LogP contribution is 2.11. The monoisotopic (exact) mass is 302 g/mol. The molecule has 1 unspecified atom stereocenters. The lowest BCUT2D eigenvalue weighted by atomic mass is 10.1. The molecule has 0 aliphatic carbocycles. The molecule has 1 heterocycles. The Kier molecular flexibility index (Phi) is 5.27. The quantitative estimate of drug-likeness (QED) is 0.852. The fourth-order valence-corrected chi connectivity index (χ4v) is 2.32. The number of carbonyl (C=O) groups excluding carboxylic acids is 1. The highest BCUT2D eigenvalue weighted by atomic mass is 16.3. The first-order valence-electron chi connectivity index (χ1n) is 7.47. The minimum Gasteiger partial charge on any atom is -0.396 e. The Morgan fingerprint density at radius 3 is 2.50 bits per heavy atom. The average molecular weight is 302 g/mol. The Morgan fingerprint density at radius 1 is 1.32 bits per heavy atom. The predicted molar refractivity (Wildman–Crippen MR) is 84.1 cm³/mol. The second-order valence-corrected chi connectivity index (χ2v) is 5.26. The van der Waals surface area contributed by atoms with Gasteiger partial charge in [0.2, 0.25) is 0 Å². The van der Waals surface area contributed by atoms with Crippen LogP contribution in [0.3, 0.4) is 0 Å². The predicted octanol–water partition coefficient (Wildman–Crippen LogP) is 1.77. The molecule has 6 heteroatoms. The lowest BCUT2D eigenvalue weighted by Crippen LogP contribution is -2.35. The molecule has 1 aromatic heterocycles. The number of rotatable bonds is 6. The molecule has 0 radical (unpaired) electrons. The number of amides is 1. The van der Waals surface area contributed by atoms with Crippen LogP contribution in [0.15, 0.2) is 24.3 Å². The molecule has 1 aromatic carbocycles. The van der Waals surface area contributed by atoms with Gasteiger partial charge in [0.25, 0.3) is 5.91 Å². The van der Waals surface area contributed by atoms with Gasteiger partial charge in [0, 0.05) is 18.2 Å². The van der Waals surface area contributed by atoms with Crippen molar-refractivity contribution < 1.29 is 9.90 Å². The van der Waals surface area contributed by atoms with Crippen LogP contribution >= 0.6 is 0 Å². The van der Waals surface area contributed by atoms with Gasteiger partial charge in [-0.05, 0) is 51.0 Å². The summed E-state index contributed by atoms with van der Waals surface area (Å²) in [5.74, 6) is 1.40. The summed E-state index contributed by atoms with van der Waals surface area (Å²) in [4.78, 5) is 16.4. The van der Waals surface area contributed by atoms with Crippen molar-refractivity contribution in [3.8, 4) is 5.69 Å². The van der Waals surface area contributed by atoms with E-state index in [4.69, 9.17) is 5.11 Å². The molecule has 2 N–H and O–H groups in total. The first kappa shape index (κ1) is 16.2. The van der Waals surface area contributed by atoms with Gasteiger partial charge in [0.15, 0.2) is 0 Å². The van der Waals surface area contributed by atoms with Crippen LogP contribution in [-0.2, 0) is 0 Å². The molecule has 0 aliphatic rings. The molecule has 0 aliphatic heterocycles. The van der Waals surface area contributed by atoms with E-state index in [0.29, 0.717) is 17.8 Å². The summed E-state index contributed by atoms with van der Waals surface area (Å²) >= 11 is 0. The van der Waals surface area contributed by atoms with E-state index in [1.165, 1.54) is 0 Å². The first-order valence-corrected chi connectivity index (χ1v) is 7.47. The van der Waals surface area contributed by atoms with Gasteiger partial charge >= 0.3 is 0 Å². The van der Waals surface area contributed by atoms with E-state index in [2.05, 4.69) is 15.4 Å². The summed E-state index contributed by atoms with van der Waals surface area (Å²) in [6.07, 6.45) is 1.36. The third-order valence-corrected chi connectivity index (χ3v) is 3.55. The zero-order valence-electron chi connectivity index (χ0n) is 13.2. The highest BCUT2D eigenvalue weighted by Gasteiger charge is 2.12. The normalized spacial score (nSPS) is 12.2. The summed E-state index contributed by atoms with van der Waals surface area (Å²) in [5, 5.41) is 16.2. The highest BCUT2D eigenvalue weighted by molar-refractivity contribution is 5.94. The second kappa shape index (κ2) is 7.17. The van der Waals surface area contributed by atoms with Gasteiger partial charge in [0.05, 0.1) is 5.69 Å². The van der Waals surface area contributed by atoms with Crippen LogP contribution in [0.5, 0.6) is 0 Å². The number of carbonyl (C=O) groups is 1. The number of benzene rings is 1. The molecule has 2 rings (SSSR count). The summed E-state index contributed by atoms with van der Waals surface area (Å²) in [6, 6.07) is 7.24. The standard InChI is InChI=1S/C16H22N4O2/c1-4-14(9-10-21)18-16(22)13-5-7-15(8-6-13)20-12(3)17-11(2)19-20/h5-8,14,21H,4,9-10H2,1-3H3,(H,18,22). The maximum atomic E-state index is 12.2. The van der Waals surface area contributed by atoms with E-state index in [9.17, 15) is 4.79 Å². The molecule has 0 fully saturated rings. The molecular formula is C16H22N4O2. The van der Waals surface area contributed by atoms with Crippen LogP contribution < -0.4 is 5.32 Å². The number of aryl methyl sites for hydroxylation is 2. The molecule has 118 valence electrons. The summed E-state index contributed by atoms with van der Waals surface area (Å²) in [7, 11) is 0. The van der Waals surface area contributed by atoms with E-state index >= 15 is 0 Å². The number of hydrogen-bond donors (Lipinski definition) is 2. The third-order valence-electron chi connectivity index (χ3n) is 3.55. The van der Waals surface area contributed by atoms with E-state index in [1.54, 1.807) is 16.8 Å². The van der Waals surface area contributed by atoms with Crippen LogP contribution in [0.1, 0.15) is 41.8 Å². The molecule has 2 aromatic rings. The SMILES string of the molecule is CCC(CCO)NC(=O)c1ccc(-n2nc(C)nc2C)cc1. The number of nitrogens with one attached hydrogen (secondary N) is 1. The topological polar surface area (TPSA) is 80.0 Å². The van der Waals surface area contributed by atoms with Gasteiger partial charge in [-0.3, -0.25) is 4.79 Å². The largest absolute Gasteiger partial charge is 0.396 e. The van der Waals surface area contributed by atoms with Gasteiger partial charge in [-0.15, -0.1) is 0 Å². The zero-order valence-corrected chi connectivity index (χ0v) is 13.2. The summed E-state index contributed by atoms with van der Waals surface area (Å²) in [6.45, 7) is 5.79. The molecule has 22 heavy (non-hydrogen) atoms. The Hall–Kier alpha value is -2.21. The Labute approximate surface area is 130 Å². The number of hydrogen-bond acceptors (Lipinski definition) is 4. The van der Waals surface area contributed by atoms with Crippen molar-refractivity contribution in [2.45, 2.75) is 39.7 Å². The van der Waals surface area contributed by atoms with Gasteiger partial charge in [-0.2, -0.15) is 5.10 Å². The van der Waals surface area contributed by atoms with Gasteiger partial charge in [-0.25, -0.2) is 9.67 Å². The minimum absolute atomic E-state index is 0.00242. The van der Waals surface area contributed by atoms with Crippen molar-refractivity contribution in [2.24, 2.45) is 0 Å². The van der Waals surface area contributed by atoms with E-state index in [0.717, 1.165) is 17.9 Å². The molecule has 0 bridgehead atoms. The number of aliphatic hydroxyl groups is 1. The van der Waals surface area contributed by atoms with E-state index < -0.39 is 0 Å².